The van der Waals surface area contributed by atoms with Gasteiger partial charge in [0.25, 0.3) is 5.91 Å². The molecule has 0 spiro atoms. The molecule has 2 aromatic rings. The summed E-state index contributed by atoms with van der Waals surface area (Å²) >= 11 is 0. The van der Waals surface area contributed by atoms with E-state index < -0.39 is 0 Å². The van der Waals surface area contributed by atoms with E-state index in [0.29, 0.717) is 31.6 Å². The molecule has 0 aromatic heterocycles. The van der Waals surface area contributed by atoms with Crippen molar-refractivity contribution in [3.8, 4) is 5.75 Å². The molecule has 0 bridgehead atoms. The van der Waals surface area contributed by atoms with Crippen LogP contribution >= 0.6 is 0 Å². The van der Waals surface area contributed by atoms with E-state index in [1.54, 1.807) is 7.11 Å². The molecule has 1 amide bonds. The van der Waals surface area contributed by atoms with Crippen molar-refractivity contribution in [1.29, 1.82) is 0 Å². The minimum Gasteiger partial charge on any atom is -0.496 e. The fraction of sp³-hybridized carbons (Fsp3) is 0.333. The van der Waals surface area contributed by atoms with E-state index in [4.69, 9.17) is 9.47 Å². The molecule has 6 heteroatoms. The average Bonchev–Trinajstić information content (AvgIpc) is 2.81. The lowest BCUT2D eigenvalue weighted by Gasteiger charge is -2.35. The fourth-order valence-corrected chi connectivity index (χ4v) is 3.52. The summed E-state index contributed by atoms with van der Waals surface area (Å²) in [5.74, 6) is 0.519. The van der Waals surface area contributed by atoms with E-state index in [-0.39, 0.29) is 11.9 Å². The van der Waals surface area contributed by atoms with E-state index in [1.807, 2.05) is 65.6 Å². The van der Waals surface area contributed by atoms with E-state index in [2.05, 4.69) is 4.90 Å². The van der Waals surface area contributed by atoms with Crippen LogP contribution in [0.15, 0.2) is 54.6 Å². The van der Waals surface area contributed by atoms with Gasteiger partial charge in [-0.25, -0.2) is 0 Å². The van der Waals surface area contributed by atoms with E-state index in [9.17, 15) is 9.59 Å². The number of ether oxygens (including phenoxy) is 2. The van der Waals surface area contributed by atoms with Gasteiger partial charge in [0, 0.05) is 43.9 Å². The molecule has 6 nitrogen and oxygen atoms in total. The zero-order valence-electron chi connectivity index (χ0n) is 17.5. The van der Waals surface area contributed by atoms with Crippen molar-refractivity contribution in [2.45, 2.75) is 6.42 Å². The molecule has 1 aliphatic heterocycles. The Balaban J connectivity index is 1.77. The van der Waals surface area contributed by atoms with E-state index in [0.717, 1.165) is 30.0 Å². The van der Waals surface area contributed by atoms with Crippen molar-refractivity contribution < 1.29 is 19.1 Å². The number of hydrogen-bond donors (Lipinski definition) is 0. The minimum absolute atomic E-state index is 0.000256. The molecule has 1 fully saturated rings. The van der Waals surface area contributed by atoms with Crippen molar-refractivity contribution in [1.82, 2.24) is 9.80 Å². The van der Waals surface area contributed by atoms with Crippen molar-refractivity contribution in [3.63, 3.8) is 0 Å². The third kappa shape index (κ3) is 5.48. The highest BCUT2D eigenvalue weighted by atomic mass is 16.5. The van der Waals surface area contributed by atoms with Crippen LogP contribution in [0.2, 0.25) is 0 Å². The molecule has 3 rings (SSSR count). The first kappa shape index (κ1) is 21.6. The Morgan fingerprint density at radius 1 is 0.933 bits per heavy atom. The molecule has 1 aliphatic rings. The van der Waals surface area contributed by atoms with Gasteiger partial charge in [0.2, 0.25) is 0 Å². The highest BCUT2D eigenvalue weighted by molar-refractivity contribution is 6.24. The highest BCUT2D eigenvalue weighted by Gasteiger charge is 2.25. The van der Waals surface area contributed by atoms with Gasteiger partial charge < -0.3 is 14.4 Å². The number of nitrogens with zero attached hydrogens (tertiary/aromatic N) is 2. The number of rotatable bonds is 7. The molecule has 0 N–H and O–H groups in total. The lowest BCUT2D eigenvalue weighted by atomic mass is 10.0. The monoisotopic (exact) mass is 408 g/mol. The topological polar surface area (TPSA) is 59.1 Å². The number of amides is 1. The smallest absolute Gasteiger partial charge is 0.306 e. The van der Waals surface area contributed by atoms with E-state index >= 15 is 0 Å². The minimum atomic E-state index is -0.209. The maximum Gasteiger partial charge on any atom is 0.306 e. The lowest BCUT2D eigenvalue weighted by Crippen LogP contribution is -2.49. The molecule has 0 atom stereocenters. The van der Waals surface area contributed by atoms with Gasteiger partial charge in [0.1, 0.15) is 5.75 Å². The zero-order valence-corrected chi connectivity index (χ0v) is 17.5. The van der Waals surface area contributed by atoms with Crippen LogP contribution in [-0.4, -0.2) is 68.6 Å². The molecular formula is C24H28N2O4. The first-order chi connectivity index (χ1) is 14.6. The summed E-state index contributed by atoms with van der Waals surface area (Å²) in [5.41, 5.74) is 2.38. The molecule has 1 saturated heterocycles. The van der Waals surface area contributed by atoms with Gasteiger partial charge in [-0.1, -0.05) is 48.5 Å². The van der Waals surface area contributed by atoms with Gasteiger partial charge in [-0.05, 0) is 17.7 Å². The summed E-state index contributed by atoms with van der Waals surface area (Å²) in [5, 5.41) is 0. The molecule has 0 aliphatic carbocycles. The predicted octanol–water partition coefficient (Wildman–Crippen LogP) is 2.94. The normalized spacial score (nSPS) is 15.0. The molecular weight excluding hydrogens is 380 g/mol. The van der Waals surface area contributed by atoms with E-state index in [1.165, 1.54) is 7.11 Å². The van der Waals surface area contributed by atoms with Gasteiger partial charge in [-0.2, -0.15) is 0 Å². The molecule has 0 unspecified atom stereocenters. The predicted molar refractivity (Wildman–Crippen MR) is 117 cm³/mol. The molecule has 1 heterocycles. The van der Waals surface area contributed by atoms with Crippen molar-refractivity contribution in [2.75, 3.05) is 46.9 Å². The lowest BCUT2D eigenvalue weighted by molar-refractivity contribution is -0.141. The van der Waals surface area contributed by atoms with Gasteiger partial charge in [0.15, 0.2) is 0 Å². The van der Waals surface area contributed by atoms with Gasteiger partial charge in [-0.15, -0.1) is 0 Å². The first-order valence-electron chi connectivity index (χ1n) is 10.1. The van der Waals surface area contributed by atoms with Gasteiger partial charge >= 0.3 is 5.97 Å². The summed E-state index contributed by atoms with van der Waals surface area (Å²) in [6.45, 7) is 3.36. The zero-order chi connectivity index (χ0) is 21.3. The fourth-order valence-electron chi connectivity index (χ4n) is 3.52. The van der Waals surface area contributed by atoms with Crippen LogP contribution in [0, 0.1) is 0 Å². The molecule has 0 radical (unpaired) electrons. The van der Waals surface area contributed by atoms with Gasteiger partial charge in [0.05, 0.1) is 20.6 Å². The Bertz CT molecular complexity index is 887. The number of benzene rings is 2. The second-order valence-corrected chi connectivity index (χ2v) is 7.13. The number of carbonyl (C=O) groups excluding carboxylic acids is 2. The first-order valence-corrected chi connectivity index (χ1v) is 10.1. The quantitative estimate of drug-likeness (QED) is 0.401. The van der Waals surface area contributed by atoms with Crippen molar-refractivity contribution in [3.05, 3.63) is 65.7 Å². The standard InChI is InChI=1S/C24H28N2O4/c1-29-22-11-7-6-10-20(22)18-21(19-8-4-3-5-9-19)24(28)26-16-14-25(15-17-26)13-12-23(27)30-2/h3-11,18H,12-17H2,1-2H3. The van der Waals surface area contributed by atoms with Crippen LogP contribution in [0.5, 0.6) is 5.75 Å². The second-order valence-electron chi connectivity index (χ2n) is 7.13. The average molecular weight is 408 g/mol. The summed E-state index contributed by atoms with van der Waals surface area (Å²) in [4.78, 5) is 28.9. The van der Waals surface area contributed by atoms with Crippen LogP contribution in [0.3, 0.4) is 0 Å². The SMILES string of the molecule is COC(=O)CCN1CCN(C(=O)C(=Cc2ccccc2OC)c2ccccc2)CC1. The van der Waals surface area contributed by atoms with Crippen LogP contribution in [0.1, 0.15) is 17.5 Å². The number of carbonyl (C=O) groups is 2. The maximum absolute atomic E-state index is 13.4. The van der Waals surface area contributed by atoms with Crippen LogP contribution in [0.4, 0.5) is 0 Å². The van der Waals surface area contributed by atoms with Crippen LogP contribution in [0.25, 0.3) is 11.6 Å². The summed E-state index contributed by atoms with van der Waals surface area (Å²) in [6, 6.07) is 17.4. The second kappa shape index (κ2) is 10.6. The number of methoxy groups -OCH3 is 2. The molecule has 2 aromatic carbocycles. The number of hydrogen-bond acceptors (Lipinski definition) is 5. The Labute approximate surface area is 177 Å². The molecule has 0 saturated carbocycles. The number of esters is 1. The molecule has 30 heavy (non-hydrogen) atoms. The van der Waals surface area contributed by atoms with Gasteiger partial charge in [-0.3, -0.25) is 14.5 Å². The van der Waals surface area contributed by atoms with Crippen molar-refractivity contribution in [2.24, 2.45) is 0 Å². The Kier molecular flexibility index (Phi) is 7.63. The Morgan fingerprint density at radius 2 is 1.60 bits per heavy atom. The third-order valence-corrected chi connectivity index (χ3v) is 5.27. The molecule has 158 valence electrons. The maximum atomic E-state index is 13.4. The number of piperazine rings is 1. The van der Waals surface area contributed by atoms with Crippen LogP contribution in [-0.2, 0) is 14.3 Å². The number of para-hydroxylation sites is 1. The van der Waals surface area contributed by atoms with Crippen LogP contribution < -0.4 is 4.74 Å². The third-order valence-electron chi connectivity index (χ3n) is 5.27. The Morgan fingerprint density at radius 3 is 2.27 bits per heavy atom. The summed E-state index contributed by atoms with van der Waals surface area (Å²) in [7, 11) is 3.03. The van der Waals surface area contributed by atoms with Crippen molar-refractivity contribution >= 4 is 23.5 Å². The summed E-state index contributed by atoms with van der Waals surface area (Å²) in [6.07, 6.45) is 2.27. The summed E-state index contributed by atoms with van der Waals surface area (Å²) < 4.78 is 10.2. The highest BCUT2D eigenvalue weighted by Crippen LogP contribution is 2.26. The largest absolute Gasteiger partial charge is 0.496 e. The Hall–Kier alpha value is -3.12.